The Bertz CT molecular complexity index is 385. The Balaban J connectivity index is 1.87. The zero-order valence-electron chi connectivity index (χ0n) is 14.8. The summed E-state index contributed by atoms with van der Waals surface area (Å²) in [5, 5.41) is 19.0. The Morgan fingerprint density at radius 3 is 2.52 bits per heavy atom. The van der Waals surface area contributed by atoms with E-state index in [0.29, 0.717) is 31.0 Å². The van der Waals surface area contributed by atoms with Crippen molar-refractivity contribution in [1.82, 2.24) is 4.90 Å². The lowest BCUT2D eigenvalue weighted by Crippen LogP contribution is -2.44. The summed E-state index contributed by atoms with van der Waals surface area (Å²) < 4.78 is 12.3. The van der Waals surface area contributed by atoms with E-state index in [9.17, 15) is 5.11 Å². The smallest absolute Gasteiger partial charge is 0.168 e. The fourth-order valence-corrected chi connectivity index (χ4v) is 3.75. The fourth-order valence-electron chi connectivity index (χ4n) is 3.75. The maximum Gasteiger partial charge on any atom is 0.168 e. The molecule has 5 heteroatoms. The van der Waals surface area contributed by atoms with E-state index >= 15 is 0 Å². The summed E-state index contributed by atoms with van der Waals surface area (Å²) >= 11 is 0. The number of aliphatic hydroxyl groups excluding tert-OH is 2. The van der Waals surface area contributed by atoms with Gasteiger partial charge in [-0.2, -0.15) is 0 Å². The highest BCUT2D eigenvalue weighted by Gasteiger charge is 2.46. The molecule has 134 valence electrons. The second-order valence-corrected chi connectivity index (χ2v) is 8.01. The van der Waals surface area contributed by atoms with Crippen molar-refractivity contribution in [2.24, 2.45) is 11.3 Å². The predicted molar refractivity (Wildman–Crippen MR) is 89.8 cm³/mol. The topological polar surface area (TPSA) is 62.2 Å². The molecule has 2 N–H and O–H groups in total. The number of rotatable bonds is 6. The summed E-state index contributed by atoms with van der Waals surface area (Å²) in [6, 6.07) is 0. The van der Waals surface area contributed by atoms with Gasteiger partial charge < -0.3 is 19.7 Å². The summed E-state index contributed by atoms with van der Waals surface area (Å²) in [4.78, 5) is 1.76. The van der Waals surface area contributed by atoms with E-state index in [0.717, 1.165) is 25.7 Å². The molecule has 0 aromatic heterocycles. The Morgan fingerprint density at radius 2 is 2.00 bits per heavy atom. The van der Waals surface area contributed by atoms with Crippen LogP contribution in [0.2, 0.25) is 0 Å². The monoisotopic (exact) mass is 327 g/mol. The van der Waals surface area contributed by atoms with E-state index in [1.165, 1.54) is 0 Å². The van der Waals surface area contributed by atoms with E-state index in [2.05, 4.69) is 27.4 Å². The van der Waals surface area contributed by atoms with Crippen LogP contribution in [0, 0.1) is 11.3 Å². The highest BCUT2D eigenvalue weighted by molar-refractivity contribution is 4.90. The molecular weight excluding hydrogens is 294 g/mol. The van der Waals surface area contributed by atoms with Gasteiger partial charge in [0, 0.05) is 25.9 Å². The van der Waals surface area contributed by atoms with Gasteiger partial charge in [-0.15, -0.1) is 6.58 Å². The molecule has 1 saturated heterocycles. The van der Waals surface area contributed by atoms with Gasteiger partial charge in [-0.3, -0.25) is 4.90 Å². The third-order valence-electron chi connectivity index (χ3n) is 5.27. The number of nitrogens with zero attached hydrogens (tertiary/aromatic N) is 1. The molecule has 0 aromatic rings. The first-order valence-corrected chi connectivity index (χ1v) is 8.75. The lowest BCUT2D eigenvalue weighted by Gasteiger charge is -2.41. The molecule has 5 nitrogen and oxygen atoms in total. The molecule has 0 radical (unpaired) electrons. The van der Waals surface area contributed by atoms with Crippen molar-refractivity contribution in [3.63, 3.8) is 0 Å². The summed E-state index contributed by atoms with van der Waals surface area (Å²) in [6.07, 6.45) is 4.91. The molecule has 1 aliphatic heterocycles. The zero-order valence-corrected chi connectivity index (χ0v) is 14.8. The minimum Gasteiger partial charge on any atom is -0.392 e. The number of hydrogen-bond donors (Lipinski definition) is 2. The van der Waals surface area contributed by atoms with Crippen molar-refractivity contribution < 1.29 is 19.7 Å². The van der Waals surface area contributed by atoms with Gasteiger partial charge in [0.2, 0.25) is 0 Å². The standard InChI is InChI=1S/C18H33NO4/c1-5-10-19(16(21)12-20)11-15-13-22-18(23-15)8-6-14(7-9-18)17(2,3)4/h5,14-16,20-21H,1,6-13H2,2-4H3. The first-order chi connectivity index (χ1) is 10.8. The van der Waals surface area contributed by atoms with Gasteiger partial charge in [-0.05, 0) is 24.2 Å². The highest BCUT2D eigenvalue weighted by atomic mass is 16.7. The van der Waals surface area contributed by atoms with Gasteiger partial charge in [0.15, 0.2) is 5.79 Å². The Labute approximate surface area is 140 Å². The molecule has 1 saturated carbocycles. The Kier molecular flexibility index (Phi) is 6.25. The van der Waals surface area contributed by atoms with Crippen LogP contribution in [-0.4, -0.2) is 59.5 Å². The Hall–Kier alpha value is -0.460. The zero-order chi connectivity index (χ0) is 17.1. The van der Waals surface area contributed by atoms with Gasteiger partial charge in [-0.25, -0.2) is 0 Å². The average molecular weight is 327 g/mol. The Morgan fingerprint density at radius 1 is 1.35 bits per heavy atom. The molecule has 1 spiro atoms. The van der Waals surface area contributed by atoms with Crippen LogP contribution in [0.15, 0.2) is 12.7 Å². The van der Waals surface area contributed by atoms with Crippen LogP contribution < -0.4 is 0 Å². The van der Waals surface area contributed by atoms with Crippen LogP contribution in [0.5, 0.6) is 0 Å². The van der Waals surface area contributed by atoms with Crippen LogP contribution in [0.3, 0.4) is 0 Å². The predicted octanol–water partition coefficient (Wildman–Crippen LogP) is 2.13. The van der Waals surface area contributed by atoms with Gasteiger partial charge in [0.05, 0.1) is 19.3 Å². The number of hydrogen-bond acceptors (Lipinski definition) is 5. The van der Waals surface area contributed by atoms with E-state index in [1.807, 2.05) is 0 Å². The summed E-state index contributed by atoms with van der Waals surface area (Å²) in [6.45, 7) is 11.9. The van der Waals surface area contributed by atoms with E-state index in [1.54, 1.807) is 11.0 Å². The number of aliphatic hydroxyl groups is 2. The summed E-state index contributed by atoms with van der Waals surface area (Å²) in [7, 11) is 0. The van der Waals surface area contributed by atoms with E-state index in [-0.39, 0.29) is 12.7 Å². The van der Waals surface area contributed by atoms with Gasteiger partial charge in [0.1, 0.15) is 6.23 Å². The van der Waals surface area contributed by atoms with Crippen LogP contribution in [0.1, 0.15) is 46.5 Å². The van der Waals surface area contributed by atoms with Crippen molar-refractivity contribution in [1.29, 1.82) is 0 Å². The third kappa shape index (κ3) is 4.77. The second-order valence-electron chi connectivity index (χ2n) is 8.01. The van der Waals surface area contributed by atoms with Crippen molar-refractivity contribution >= 4 is 0 Å². The number of ether oxygens (including phenoxy) is 2. The molecule has 2 unspecified atom stereocenters. The SMILES string of the molecule is C=CCN(CC1COC2(CCC(C(C)(C)C)CC2)O1)C(O)CO. The molecule has 1 heterocycles. The molecule has 23 heavy (non-hydrogen) atoms. The van der Waals surface area contributed by atoms with Crippen LogP contribution in [-0.2, 0) is 9.47 Å². The van der Waals surface area contributed by atoms with Crippen molar-refractivity contribution in [3.05, 3.63) is 12.7 Å². The molecule has 2 atom stereocenters. The molecule has 2 fully saturated rings. The maximum atomic E-state index is 9.87. The quantitative estimate of drug-likeness (QED) is 0.578. The van der Waals surface area contributed by atoms with Gasteiger partial charge in [-0.1, -0.05) is 26.8 Å². The molecule has 1 aliphatic carbocycles. The van der Waals surface area contributed by atoms with E-state index in [4.69, 9.17) is 14.6 Å². The van der Waals surface area contributed by atoms with Crippen LogP contribution in [0.4, 0.5) is 0 Å². The summed E-state index contributed by atoms with van der Waals surface area (Å²) in [5.74, 6) is 0.282. The molecule has 0 amide bonds. The van der Waals surface area contributed by atoms with Gasteiger partial charge >= 0.3 is 0 Å². The van der Waals surface area contributed by atoms with Crippen LogP contribution >= 0.6 is 0 Å². The normalized spacial score (nSPS) is 33.3. The fraction of sp³-hybridized carbons (Fsp3) is 0.889. The lowest BCUT2D eigenvalue weighted by atomic mass is 9.71. The largest absolute Gasteiger partial charge is 0.392 e. The minimum absolute atomic E-state index is 0.0673. The first-order valence-electron chi connectivity index (χ1n) is 8.75. The highest BCUT2D eigenvalue weighted by Crippen LogP contribution is 2.45. The third-order valence-corrected chi connectivity index (χ3v) is 5.27. The summed E-state index contributed by atoms with van der Waals surface area (Å²) in [5.41, 5.74) is 0.339. The van der Waals surface area contributed by atoms with Crippen molar-refractivity contribution in [2.45, 2.75) is 64.6 Å². The van der Waals surface area contributed by atoms with Crippen molar-refractivity contribution in [3.8, 4) is 0 Å². The first kappa shape index (κ1) is 18.9. The van der Waals surface area contributed by atoms with Gasteiger partial charge in [0.25, 0.3) is 0 Å². The van der Waals surface area contributed by atoms with E-state index < -0.39 is 12.0 Å². The molecule has 2 rings (SSSR count). The molecule has 0 bridgehead atoms. The molecular formula is C18H33NO4. The maximum absolute atomic E-state index is 9.87. The van der Waals surface area contributed by atoms with Crippen molar-refractivity contribution in [2.75, 3.05) is 26.3 Å². The molecule has 0 aromatic carbocycles. The average Bonchev–Trinajstić information content (AvgIpc) is 2.88. The molecule has 2 aliphatic rings. The van der Waals surface area contributed by atoms with Crippen LogP contribution in [0.25, 0.3) is 0 Å². The second kappa shape index (κ2) is 7.62. The minimum atomic E-state index is -0.884. The lowest BCUT2D eigenvalue weighted by molar-refractivity contribution is -0.199.